The number of Topliss-reactive ketones (excluding diaryl/α,β-unsaturated/α-hetero) is 1. The molecule has 1 aliphatic heterocycles. The van der Waals surface area contributed by atoms with E-state index in [0.29, 0.717) is 40.3 Å². The molecule has 0 fully saturated rings. The molecule has 6 heteroatoms. The van der Waals surface area contributed by atoms with Crippen LogP contribution in [0.25, 0.3) is 0 Å². The maximum atomic E-state index is 12.3. The lowest BCUT2D eigenvalue weighted by Crippen LogP contribution is -2.14. The number of ketones is 1. The first-order valence-electron chi connectivity index (χ1n) is 7.49. The largest absolute Gasteiger partial charge is 0.490 e. The molecule has 3 rings (SSSR count). The quantitative estimate of drug-likeness (QED) is 0.588. The van der Waals surface area contributed by atoms with Crippen molar-refractivity contribution in [2.45, 2.75) is 6.42 Å². The van der Waals surface area contributed by atoms with Crippen LogP contribution >= 0.6 is 15.9 Å². The van der Waals surface area contributed by atoms with E-state index in [4.69, 9.17) is 14.2 Å². The maximum absolute atomic E-state index is 12.3. The van der Waals surface area contributed by atoms with E-state index in [1.54, 1.807) is 42.5 Å². The molecule has 0 radical (unpaired) electrons. The van der Waals surface area contributed by atoms with Crippen molar-refractivity contribution in [1.82, 2.24) is 0 Å². The number of carbonyl (C=O) groups is 2. The molecule has 0 saturated carbocycles. The molecule has 2 aromatic rings. The Hall–Kier alpha value is -2.34. The number of esters is 1. The second-order valence-corrected chi connectivity index (χ2v) is 6.05. The van der Waals surface area contributed by atoms with Crippen molar-refractivity contribution in [3.63, 3.8) is 0 Å². The van der Waals surface area contributed by atoms with Gasteiger partial charge in [-0.15, -0.1) is 0 Å². The van der Waals surface area contributed by atoms with Crippen molar-refractivity contribution in [3.8, 4) is 11.5 Å². The van der Waals surface area contributed by atoms with E-state index in [-0.39, 0.29) is 12.4 Å². The van der Waals surface area contributed by atoms with Crippen molar-refractivity contribution >= 4 is 27.7 Å². The third kappa shape index (κ3) is 3.76. The monoisotopic (exact) mass is 390 g/mol. The molecular formula is C18H15BrO5. The van der Waals surface area contributed by atoms with Gasteiger partial charge in [0.2, 0.25) is 0 Å². The zero-order valence-corrected chi connectivity index (χ0v) is 14.4. The molecule has 2 aromatic carbocycles. The highest BCUT2D eigenvalue weighted by Gasteiger charge is 2.17. The van der Waals surface area contributed by atoms with Gasteiger partial charge in [0, 0.05) is 16.5 Å². The summed E-state index contributed by atoms with van der Waals surface area (Å²) in [7, 11) is 0. The molecule has 0 N–H and O–H groups in total. The third-order valence-electron chi connectivity index (χ3n) is 3.50. The van der Waals surface area contributed by atoms with Crippen molar-refractivity contribution < 1.29 is 23.8 Å². The average Bonchev–Trinajstić information content (AvgIpc) is 2.84. The Bertz CT molecular complexity index is 772. The van der Waals surface area contributed by atoms with Gasteiger partial charge < -0.3 is 14.2 Å². The lowest BCUT2D eigenvalue weighted by molar-refractivity contribution is 0.0474. The lowest BCUT2D eigenvalue weighted by Gasteiger charge is -2.09. The van der Waals surface area contributed by atoms with Gasteiger partial charge in [0.05, 0.1) is 18.8 Å². The van der Waals surface area contributed by atoms with E-state index in [1.165, 1.54) is 0 Å². The summed E-state index contributed by atoms with van der Waals surface area (Å²) in [4.78, 5) is 24.3. The number of benzene rings is 2. The molecule has 0 bridgehead atoms. The van der Waals surface area contributed by atoms with E-state index in [1.807, 2.05) is 0 Å². The van der Waals surface area contributed by atoms with Gasteiger partial charge in [-0.1, -0.05) is 12.1 Å². The fraction of sp³-hybridized carbons (Fsp3) is 0.222. The summed E-state index contributed by atoms with van der Waals surface area (Å²) in [6.45, 7) is 0.797. The van der Waals surface area contributed by atoms with Gasteiger partial charge in [-0.3, -0.25) is 4.79 Å². The number of hydrogen-bond donors (Lipinski definition) is 0. The first kappa shape index (κ1) is 16.5. The zero-order chi connectivity index (χ0) is 16.9. The topological polar surface area (TPSA) is 61.8 Å². The molecule has 1 aliphatic rings. The van der Waals surface area contributed by atoms with Crippen LogP contribution in [-0.2, 0) is 4.74 Å². The Labute approximate surface area is 147 Å². The molecule has 124 valence electrons. The predicted octanol–water partition coefficient (Wildman–Crippen LogP) is 3.65. The van der Waals surface area contributed by atoms with Crippen LogP contribution < -0.4 is 9.47 Å². The number of carbonyl (C=O) groups excluding carboxylic acids is 2. The average molecular weight is 391 g/mol. The maximum Gasteiger partial charge on any atom is 0.339 e. The molecule has 0 amide bonds. The minimum absolute atomic E-state index is 0.300. The van der Waals surface area contributed by atoms with Gasteiger partial charge in [0.15, 0.2) is 23.9 Å². The highest BCUT2D eigenvalue weighted by atomic mass is 79.9. The van der Waals surface area contributed by atoms with Crippen LogP contribution in [0.2, 0.25) is 0 Å². The van der Waals surface area contributed by atoms with E-state index < -0.39 is 5.97 Å². The molecule has 0 atom stereocenters. The minimum Gasteiger partial charge on any atom is -0.490 e. The second kappa shape index (κ2) is 7.49. The summed E-state index contributed by atoms with van der Waals surface area (Å²) < 4.78 is 16.8. The molecule has 0 aromatic heterocycles. The van der Waals surface area contributed by atoms with Crippen molar-refractivity contribution in [1.29, 1.82) is 0 Å². The van der Waals surface area contributed by atoms with Gasteiger partial charge in [0.1, 0.15) is 0 Å². The number of fused-ring (bicyclic) bond motifs is 1. The van der Waals surface area contributed by atoms with Crippen LogP contribution in [-0.4, -0.2) is 31.6 Å². The fourth-order valence-electron chi connectivity index (χ4n) is 2.26. The van der Waals surface area contributed by atoms with Crippen LogP contribution in [0.5, 0.6) is 11.5 Å². The fourth-order valence-corrected chi connectivity index (χ4v) is 2.70. The predicted molar refractivity (Wildman–Crippen MR) is 90.8 cm³/mol. The molecule has 24 heavy (non-hydrogen) atoms. The minimum atomic E-state index is -0.551. The summed E-state index contributed by atoms with van der Waals surface area (Å²) in [6.07, 6.45) is 0.793. The Morgan fingerprint density at radius 2 is 1.79 bits per heavy atom. The van der Waals surface area contributed by atoms with E-state index in [0.717, 1.165) is 6.42 Å². The van der Waals surface area contributed by atoms with Crippen molar-refractivity contribution in [2.75, 3.05) is 19.8 Å². The van der Waals surface area contributed by atoms with Crippen LogP contribution in [0.15, 0.2) is 46.9 Å². The first-order valence-corrected chi connectivity index (χ1v) is 8.29. The summed E-state index contributed by atoms with van der Waals surface area (Å²) in [5, 5.41) is 0. The lowest BCUT2D eigenvalue weighted by atomic mass is 10.1. The van der Waals surface area contributed by atoms with Gasteiger partial charge in [0.25, 0.3) is 0 Å². The summed E-state index contributed by atoms with van der Waals surface area (Å²) in [5.74, 6) is 0.306. The van der Waals surface area contributed by atoms with Gasteiger partial charge >= 0.3 is 5.97 Å². The van der Waals surface area contributed by atoms with Crippen LogP contribution in [0.1, 0.15) is 27.1 Å². The SMILES string of the molecule is O=C(COC(=O)c1ccccc1Br)c1ccc2c(c1)OCCCO2. The Balaban J connectivity index is 1.66. The van der Waals surface area contributed by atoms with Crippen molar-refractivity contribution in [2.24, 2.45) is 0 Å². The summed E-state index contributed by atoms with van der Waals surface area (Å²) in [6, 6.07) is 11.9. The Kier molecular flexibility index (Phi) is 5.15. The standard InChI is InChI=1S/C18H15BrO5/c19-14-5-2-1-4-13(14)18(21)24-11-15(20)12-6-7-16-17(10-12)23-9-3-8-22-16/h1-2,4-7,10H,3,8-9,11H2. The van der Waals surface area contributed by atoms with E-state index in [9.17, 15) is 9.59 Å². The van der Waals surface area contributed by atoms with E-state index >= 15 is 0 Å². The molecule has 0 aliphatic carbocycles. The molecule has 5 nitrogen and oxygen atoms in total. The second-order valence-electron chi connectivity index (χ2n) is 5.19. The molecule has 0 spiro atoms. The highest BCUT2D eigenvalue weighted by Crippen LogP contribution is 2.30. The molecule has 0 unspecified atom stereocenters. The zero-order valence-electron chi connectivity index (χ0n) is 12.8. The van der Waals surface area contributed by atoms with Crippen LogP contribution in [0.4, 0.5) is 0 Å². The Morgan fingerprint density at radius 1 is 1.04 bits per heavy atom. The normalized spacial score (nSPS) is 13.0. The van der Waals surface area contributed by atoms with Crippen molar-refractivity contribution in [3.05, 3.63) is 58.1 Å². The first-order chi connectivity index (χ1) is 11.6. The van der Waals surface area contributed by atoms with E-state index in [2.05, 4.69) is 15.9 Å². The van der Waals surface area contributed by atoms with Gasteiger partial charge in [-0.25, -0.2) is 4.79 Å². The van der Waals surface area contributed by atoms with Gasteiger partial charge in [-0.05, 0) is 46.3 Å². The number of halogens is 1. The molecule has 0 saturated heterocycles. The van der Waals surface area contributed by atoms with Crippen LogP contribution in [0, 0.1) is 0 Å². The third-order valence-corrected chi connectivity index (χ3v) is 4.19. The van der Waals surface area contributed by atoms with Crippen LogP contribution in [0.3, 0.4) is 0 Å². The number of ether oxygens (including phenoxy) is 3. The van der Waals surface area contributed by atoms with Gasteiger partial charge in [-0.2, -0.15) is 0 Å². The Morgan fingerprint density at radius 3 is 2.58 bits per heavy atom. The number of hydrogen-bond acceptors (Lipinski definition) is 5. The number of rotatable bonds is 4. The highest BCUT2D eigenvalue weighted by molar-refractivity contribution is 9.10. The smallest absolute Gasteiger partial charge is 0.339 e. The molecular weight excluding hydrogens is 376 g/mol. The molecule has 1 heterocycles. The summed E-state index contributed by atoms with van der Waals surface area (Å²) in [5.41, 5.74) is 0.795. The summed E-state index contributed by atoms with van der Waals surface area (Å²) >= 11 is 3.28.